The third kappa shape index (κ3) is 4.54. The molecule has 7 heteroatoms. The van der Waals surface area contributed by atoms with E-state index in [2.05, 4.69) is 34.7 Å². The molecule has 0 aliphatic rings. The highest BCUT2D eigenvalue weighted by Gasteiger charge is 2.23. The van der Waals surface area contributed by atoms with Gasteiger partial charge in [0.15, 0.2) is 5.13 Å². The average molecular weight is 462 g/mol. The van der Waals surface area contributed by atoms with Gasteiger partial charge in [-0.25, -0.2) is 4.98 Å². The zero-order chi connectivity index (χ0) is 20.1. The summed E-state index contributed by atoms with van der Waals surface area (Å²) in [7, 11) is 1.64. The highest BCUT2D eigenvalue weighted by molar-refractivity contribution is 9.10. The van der Waals surface area contributed by atoms with Crippen LogP contribution in [0.15, 0.2) is 46.9 Å². The molecule has 0 saturated carbocycles. The predicted octanol–water partition coefficient (Wildman–Crippen LogP) is 5.06. The third-order valence-electron chi connectivity index (χ3n) is 4.70. The molecule has 0 N–H and O–H groups in total. The quantitative estimate of drug-likeness (QED) is 0.470. The summed E-state index contributed by atoms with van der Waals surface area (Å²) in [6.07, 6.45) is 0. The highest BCUT2D eigenvalue weighted by atomic mass is 79.9. The maximum atomic E-state index is 13.4. The summed E-state index contributed by atoms with van der Waals surface area (Å²) in [4.78, 5) is 22.2. The van der Waals surface area contributed by atoms with Crippen molar-refractivity contribution in [3.8, 4) is 5.75 Å². The van der Waals surface area contributed by atoms with E-state index in [1.54, 1.807) is 12.0 Å². The first kappa shape index (κ1) is 20.8. The second-order valence-corrected chi connectivity index (χ2v) is 8.16. The Morgan fingerprint density at radius 2 is 1.89 bits per heavy atom. The summed E-state index contributed by atoms with van der Waals surface area (Å²) in [5.41, 5.74) is 1.48. The van der Waals surface area contributed by atoms with Crippen LogP contribution in [-0.2, 0) is 0 Å². The molecule has 0 spiro atoms. The fourth-order valence-corrected chi connectivity index (χ4v) is 4.41. The van der Waals surface area contributed by atoms with Crippen molar-refractivity contribution in [1.82, 2.24) is 9.88 Å². The van der Waals surface area contributed by atoms with E-state index in [9.17, 15) is 4.79 Å². The van der Waals surface area contributed by atoms with Gasteiger partial charge in [-0.15, -0.1) is 0 Å². The molecule has 3 aromatic rings. The van der Waals surface area contributed by atoms with Crippen LogP contribution in [0, 0.1) is 0 Å². The second-order valence-electron chi connectivity index (χ2n) is 6.29. The molecule has 28 heavy (non-hydrogen) atoms. The molecule has 0 saturated heterocycles. The Hall–Kier alpha value is -1.96. The number of carbonyl (C=O) groups is 1. The summed E-state index contributed by atoms with van der Waals surface area (Å²) in [6.45, 7) is 7.54. The van der Waals surface area contributed by atoms with Gasteiger partial charge in [-0.3, -0.25) is 9.69 Å². The molecular weight excluding hydrogens is 438 g/mol. The molecule has 5 nitrogen and oxygen atoms in total. The van der Waals surface area contributed by atoms with Crippen molar-refractivity contribution in [2.24, 2.45) is 0 Å². The first-order valence-corrected chi connectivity index (χ1v) is 10.9. The van der Waals surface area contributed by atoms with Gasteiger partial charge in [0.1, 0.15) is 5.75 Å². The first-order valence-electron chi connectivity index (χ1n) is 9.30. The van der Waals surface area contributed by atoms with Crippen LogP contribution in [-0.4, -0.2) is 49.1 Å². The van der Waals surface area contributed by atoms with Gasteiger partial charge >= 0.3 is 0 Å². The SMILES string of the molecule is CCN(CC)CCN(C(=O)c1ccccc1Br)c1nc2cc(OC)ccc2s1. The van der Waals surface area contributed by atoms with Crippen LogP contribution in [0.5, 0.6) is 5.75 Å². The largest absolute Gasteiger partial charge is 0.497 e. The summed E-state index contributed by atoms with van der Waals surface area (Å²) in [6, 6.07) is 13.3. The van der Waals surface area contributed by atoms with Crippen LogP contribution in [0.3, 0.4) is 0 Å². The second kappa shape index (κ2) is 9.49. The van der Waals surface area contributed by atoms with E-state index in [-0.39, 0.29) is 5.91 Å². The molecule has 0 atom stereocenters. The number of thiazole rings is 1. The van der Waals surface area contributed by atoms with Gasteiger partial charge in [0.05, 0.1) is 22.9 Å². The van der Waals surface area contributed by atoms with Gasteiger partial charge < -0.3 is 9.64 Å². The minimum Gasteiger partial charge on any atom is -0.497 e. The van der Waals surface area contributed by atoms with E-state index < -0.39 is 0 Å². The van der Waals surface area contributed by atoms with Gasteiger partial charge in [0, 0.05) is 23.6 Å². The van der Waals surface area contributed by atoms with Gasteiger partial charge in [-0.2, -0.15) is 0 Å². The molecule has 0 unspecified atom stereocenters. The number of aromatic nitrogens is 1. The Morgan fingerprint density at radius 1 is 1.14 bits per heavy atom. The van der Waals surface area contributed by atoms with Crippen LogP contribution in [0.25, 0.3) is 10.2 Å². The molecule has 1 aromatic heterocycles. The molecule has 3 rings (SSSR count). The van der Waals surface area contributed by atoms with Crippen molar-refractivity contribution in [1.29, 1.82) is 0 Å². The summed E-state index contributed by atoms with van der Waals surface area (Å²) >= 11 is 5.03. The molecule has 0 aliphatic carbocycles. The lowest BCUT2D eigenvalue weighted by Gasteiger charge is -2.25. The van der Waals surface area contributed by atoms with Gasteiger partial charge in [0.2, 0.25) is 0 Å². The lowest BCUT2D eigenvalue weighted by molar-refractivity contribution is 0.0983. The zero-order valence-electron chi connectivity index (χ0n) is 16.3. The lowest BCUT2D eigenvalue weighted by Crippen LogP contribution is -2.39. The number of benzene rings is 2. The number of halogens is 1. The van der Waals surface area contributed by atoms with Gasteiger partial charge in [-0.05, 0) is 53.3 Å². The monoisotopic (exact) mass is 461 g/mol. The molecule has 148 valence electrons. The van der Waals surface area contributed by atoms with Crippen molar-refractivity contribution in [2.75, 3.05) is 38.2 Å². The van der Waals surface area contributed by atoms with Crippen molar-refractivity contribution in [2.45, 2.75) is 13.8 Å². The topological polar surface area (TPSA) is 45.7 Å². The Morgan fingerprint density at radius 3 is 2.57 bits per heavy atom. The molecule has 0 fully saturated rings. The van der Waals surface area contributed by atoms with Gasteiger partial charge in [-0.1, -0.05) is 37.3 Å². The number of methoxy groups -OCH3 is 1. The van der Waals surface area contributed by atoms with Crippen molar-refractivity contribution in [3.05, 3.63) is 52.5 Å². The van der Waals surface area contributed by atoms with E-state index in [0.717, 1.165) is 40.1 Å². The van der Waals surface area contributed by atoms with Crippen LogP contribution in [0.4, 0.5) is 5.13 Å². The van der Waals surface area contributed by atoms with Crippen LogP contribution < -0.4 is 9.64 Å². The number of hydrogen-bond acceptors (Lipinski definition) is 5. The van der Waals surface area contributed by atoms with Crippen LogP contribution >= 0.6 is 27.3 Å². The summed E-state index contributed by atoms with van der Waals surface area (Å²) < 4.78 is 7.12. The van der Waals surface area contributed by atoms with E-state index in [4.69, 9.17) is 9.72 Å². The van der Waals surface area contributed by atoms with Crippen LogP contribution in [0.1, 0.15) is 24.2 Å². The van der Waals surface area contributed by atoms with E-state index in [0.29, 0.717) is 17.2 Å². The van der Waals surface area contributed by atoms with E-state index in [1.807, 2.05) is 42.5 Å². The third-order valence-corrected chi connectivity index (χ3v) is 6.45. The van der Waals surface area contributed by atoms with E-state index >= 15 is 0 Å². The molecule has 1 amide bonds. The Balaban J connectivity index is 1.97. The lowest BCUT2D eigenvalue weighted by atomic mass is 10.2. The maximum absolute atomic E-state index is 13.4. The number of carbonyl (C=O) groups excluding carboxylic acids is 1. The Bertz CT molecular complexity index is 956. The number of anilines is 1. The Kier molecular flexibility index (Phi) is 7.04. The fourth-order valence-electron chi connectivity index (χ4n) is 2.98. The molecule has 2 aromatic carbocycles. The molecular formula is C21H24BrN3O2S. The number of rotatable bonds is 8. The van der Waals surface area contributed by atoms with Crippen molar-refractivity contribution in [3.63, 3.8) is 0 Å². The number of amides is 1. The average Bonchev–Trinajstić information content (AvgIpc) is 3.14. The minimum absolute atomic E-state index is 0.0503. The Labute approximate surface area is 178 Å². The van der Waals surface area contributed by atoms with E-state index in [1.165, 1.54) is 11.3 Å². The normalized spacial score (nSPS) is 11.2. The smallest absolute Gasteiger partial charge is 0.261 e. The number of likely N-dealkylation sites (N-methyl/N-ethyl adjacent to an activating group) is 1. The molecule has 0 radical (unpaired) electrons. The standard InChI is InChI=1S/C21H24BrN3O2S/c1-4-24(5-2)12-13-25(20(26)16-8-6-7-9-17(16)22)21-23-18-14-15(27-3)10-11-19(18)28-21/h6-11,14H,4-5,12-13H2,1-3H3. The van der Waals surface area contributed by atoms with Crippen molar-refractivity contribution >= 4 is 48.5 Å². The zero-order valence-corrected chi connectivity index (χ0v) is 18.7. The molecule has 0 aliphatic heterocycles. The highest BCUT2D eigenvalue weighted by Crippen LogP contribution is 2.32. The van der Waals surface area contributed by atoms with Crippen molar-refractivity contribution < 1.29 is 9.53 Å². The number of ether oxygens (including phenoxy) is 1. The molecule has 1 heterocycles. The summed E-state index contributed by atoms with van der Waals surface area (Å²) in [5, 5.41) is 0.705. The minimum atomic E-state index is -0.0503. The first-order chi connectivity index (χ1) is 13.6. The van der Waals surface area contributed by atoms with Crippen LogP contribution in [0.2, 0.25) is 0 Å². The maximum Gasteiger partial charge on any atom is 0.261 e. The summed E-state index contributed by atoms with van der Waals surface area (Å²) in [5.74, 6) is 0.710. The fraction of sp³-hybridized carbons (Fsp3) is 0.333. The number of hydrogen-bond donors (Lipinski definition) is 0. The van der Waals surface area contributed by atoms with Gasteiger partial charge in [0.25, 0.3) is 5.91 Å². The number of nitrogens with zero attached hydrogens (tertiary/aromatic N) is 3. The number of fused-ring (bicyclic) bond motifs is 1. The molecule has 0 bridgehead atoms. The predicted molar refractivity (Wildman–Crippen MR) is 120 cm³/mol.